The van der Waals surface area contributed by atoms with Crippen molar-refractivity contribution in [3.63, 3.8) is 0 Å². The molecule has 11 heavy (non-hydrogen) atoms. The topological polar surface area (TPSA) is 22.1 Å². The van der Waals surface area contributed by atoms with Gasteiger partial charge in [0.05, 0.1) is 18.5 Å². The smallest absolute Gasteiger partial charge is 0.134 e. The van der Waals surface area contributed by atoms with Gasteiger partial charge in [0, 0.05) is 7.11 Å². The molecule has 0 aliphatic rings. The van der Waals surface area contributed by atoms with E-state index < -0.39 is 5.82 Å². The normalized spacial score (nSPS) is 10.0. The van der Waals surface area contributed by atoms with E-state index in [2.05, 4.69) is 4.98 Å². The van der Waals surface area contributed by atoms with Crippen LogP contribution >= 0.6 is 0 Å². The van der Waals surface area contributed by atoms with Gasteiger partial charge >= 0.3 is 0 Å². The first-order chi connectivity index (χ1) is 5.24. The molecule has 0 atom stereocenters. The summed E-state index contributed by atoms with van der Waals surface area (Å²) in [6.07, 6.45) is 1.09. The number of hydrogen-bond donors (Lipinski definition) is 0. The molecule has 2 nitrogen and oxygen atoms in total. The summed E-state index contributed by atoms with van der Waals surface area (Å²) in [5.41, 5.74) is 0.735. The van der Waals surface area contributed by atoms with Gasteiger partial charge in [-0.15, -0.1) is 0 Å². The summed E-state index contributed by atoms with van der Waals surface area (Å²) in [7, 11) is 6.82. The minimum absolute atomic E-state index is 0.104. The van der Waals surface area contributed by atoms with Crippen molar-refractivity contribution in [1.29, 1.82) is 0 Å². The van der Waals surface area contributed by atoms with E-state index in [9.17, 15) is 4.39 Å². The average Bonchev–Trinajstić information content (AvgIpc) is 1.98. The summed E-state index contributed by atoms with van der Waals surface area (Å²) in [6.45, 7) is 0.352. The van der Waals surface area contributed by atoms with Crippen LogP contribution in [0.4, 0.5) is 4.39 Å². The van der Waals surface area contributed by atoms with Gasteiger partial charge in [-0.3, -0.25) is 4.98 Å². The number of ether oxygens (including phenoxy) is 1. The van der Waals surface area contributed by atoms with E-state index in [1.54, 1.807) is 7.11 Å². The third-order valence-corrected chi connectivity index (χ3v) is 1.23. The van der Waals surface area contributed by atoms with Crippen LogP contribution in [-0.2, 0) is 11.3 Å². The number of hydrogen-bond acceptors (Lipinski definition) is 2. The van der Waals surface area contributed by atoms with Gasteiger partial charge in [0.25, 0.3) is 0 Å². The van der Waals surface area contributed by atoms with E-state index in [0.29, 0.717) is 12.3 Å². The fraction of sp³-hybridized carbons (Fsp3) is 0.286. The highest BCUT2D eigenvalue weighted by atomic mass is 19.1. The molecule has 1 aromatic rings. The van der Waals surface area contributed by atoms with Crippen molar-refractivity contribution in [2.45, 2.75) is 6.61 Å². The molecule has 0 aliphatic carbocycles. The molecule has 56 valence electrons. The summed E-state index contributed by atoms with van der Waals surface area (Å²) >= 11 is 0. The highest BCUT2D eigenvalue weighted by molar-refractivity contribution is 6.32. The van der Waals surface area contributed by atoms with Crippen molar-refractivity contribution >= 4 is 13.3 Å². The number of pyridine rings is 1. The summed E-state index contributed by atoms with van der Waals surface area (Å²) in [5.74, 6) is -0.496. The highest BCUT2D eigenvalue weighted by Gasteiger charge is 1.98. The Bertz CT molecular complexity index is 254. The van der Waals surface area contributed by atoms with E-state index in [0.717, 1.165) is 6.20 Å². The Hall–Kier alpha value is -0.895. The molecule has 1 aromatic heterocycles. The molecule has 1 rings (SSSR count). The van der Waals surface area contributed by atoms with Gasteiger partial charge in [-0.1, -0.05) is 5.46 Å². The maximum atomic E-state index is 12.5. The van der Waals surface area contributed by atoms with Gasteiger partial charge in [0.1, 0.15) is 13.7 Å². The molecule has 0 saturated heterocycles. The lowest BCUT2D eigenvalue weighted by Crippen LogP contribution is -2.11. The molecule has 0 aromatic carbocycles. The van der Waals surface area contributed by atoms with Gasteiger partial charge in [-0.05, 0) is 6.07 Å². The van der Waals surface area contributed by atoms with E-state index in [-0.39, 0.29) is 5.46 Å². The molecular weight excluding hydrogens is 144 g/mol. The highest BCUT2D eigenvalue weighted by Crippen LogP contribution is 1.95. The monoisotopic (exact) mass is 151 g/mol. The molecule has 0 spiro atoms. The van der Waals surface area contributed by atoms with Crippen LogP contribution in [0, 0.1) is 5.82 Å². The van der Waals surface area contributed by atoms with Crippen molar-refractivity contribution in [2.24, 2.45) is 0 Å². The Labute approximate surface area is 65.8 Å². The van der Waals surface area contributed by atoms with E-state index in [4.69, 9.17) is 12.6 Å². The second kappa shape index (κ2) is 3.48. The van der Waals surface area contributed by atoms with Crippen LogP contribution in [0.3, 0.4) is 0 Å². The molecule has 0 unspecified atom stereocenters. The van der Waals surface area contributed by atoms with E-state index in [1.807, 2.05) is 0 Å². The molecule has 0 bridgehead atoms. The molecule has 1 heterocycles. The Morgan fingerprint density at radius 1 is 1.73 bits per heavy atom. The predicted octanol–water partition coefficient (Wildman–Crippen LogP) is 0.161. The second-order valence-electron chi connectivity index (χ2n) is 2.13. The number of halogens is 1. The molecule has 0 amide bonds. The van der Waals surface area contributed by atoms with Crippen LogP contribution in [0.1, 0.15) is 5.69 Å². The van der Waals surface area contributed by atoms with Gasteiger partial charge in [-0.25, -0.2) is 4.39 Å². The Kier molecular flexibility index (Phi) is 2.60. The zero-order valence-electron chi connectivity index (χ0n) is 6.17. The van der Waals surface area contributed by atoms with E-state index >= 15 is 0 Å². The minimum Gasteiger partial charge on any atom is -0.378 e. The maximum Gasteiger partial charge on any atom is 0.134 e. The van der Waals surface area contributed by atoms with Gasteiger partial charge < -0.3 is 4.74 Å². The zero-order valence-corrected chi connectivity index (χ0v) is 6.17. The second-order valence-corrected chi connectivity index (χ2v) is 2.13. The van der Waals surface area contributed by atoms with Crippen LogP contribution < -0.4 is 5.46 Å². The van der Waals surface area contributed by atoms with Gasteiger partial charge in [0.2, 0.25) is 0 Å². The van der Waals surface area contributed by atoms with Crippen molar-refractivity contribution in [3.8, 4) is 0 Å². The molecular formula is C7H7BFNO. The van der Waals surface area contributed by atoms with Crippen LogP contribution in [0.15, 0.2) is 12.3 Å². The summed E-state index contributed by atoms with van der Waals surface area (Å²) in [4.78, 5) is 3.75. The lowest BCUT2D eigenvalue weighted by molar-refractivity contribution is 0.181. The van der Waals surface area contributed by atoms with Gasteiger partial charge in [-0.2, -0.15) is 0 Å². The molecule has 0 aliphatic heterocycles. The molecule has 0 saturated carbocycles. The quantitative estimate of drug-likeness (QED) is 0.561. The van der Waals surface area contributed by atoms with E-state index in [1.165, 1.54) is 6.07 Å². The predicted molar refractivity (Wildman–Crippen MR) is 40.3 cm³/mol. The number of methoxy groups -OCH3 is 1. The summed E-state index contributed by atoms with van der Waals surface area (Å²) in [5, 5.41) is 0. The van der Waals surface area contributed by atoms with Crippen molar-refractivity contribution in [3.05, 3.63) is 23.8 Å². The fourth-order valence-electron chi connectivity index (χ4n) is 0.727. The molecule has 4 heteroatoms. The SMILES string of the molecule is [B]c1cc(COC)ncc1F. The maximum absolute atomic E-state index is 12.5. The third kappa shape index (κ3) is 2.01. The van der Waals surface area contributed by atoms with Crippen LogP contribution in [0.25, 0.3) is 0 Å². The summed E-state index contributed by atoms with van der Waals surface area (Å²) < 4.78 is 17.3. The molecule has 2 radical (unpaired) electrons. The van der Waals surface area contributed by atoms with Crippen molar-refractivity contribution in [1.82, 2.24) is 4.98 Å². The molecule has 0 N–H and O–H groups in total. The zero-order chi connectivity index (χ0) is 8.27. The number of rotatable bonds is 2. The Balaban J connectivity index is 2.86. The lowest BCUT2D eigenvalue weighted by Gasteiger charge is -2.00. The van der Waals surface area contributed by atoms with Crippen LogP contribution in [-0.4, -0.2) is 19.9 Å². The fourth-order valence-corrected chi connectivity index (χ4v) is 0.727. The first-order valence-electron chi connectivity index (χ1n) is 3.13. The number of aromatic nitrogens is 1. The average molecular weight is 151 g/mol. The largest absolute Gasteiger partial charge is 0.378 e. The van der Waals surface area contributed by atoms with Crippen LogP contribution in [0.2, 0.25) is 0 Å². The minimum atomic E-state index is -0.496. The standard InChI is InChI=1S/C7H7BFNO/c1-11-4-5-2-6(8)7(9)3-10-5/h2-3H,4H2,1H3. The lowest BCUT2D eigenvalue weighted by atomic mass is 9.96. The third-order valence-electron chi connectivity index (χ3n) is 1.23. The molecule has 0 fully saturated rings. The number of nitrogens with zero attached hydrogens (tertiary/aromatic N) is 1. The first-order valence-corrected chi connectivity index (χ1v) is 3.13. The van der Waals surface area contributed by atoms with Gasteiger partial charge in [0.15, 0.2) is 0 Å². The van der Waals surface area contributed by atoms with Crippen molar-refractivity contribution < 1.29 is 9.13 Å². The van der Waals surface area contributed by atoms with Crippen molar-refractivity contribution in [2.75, 3.05) is 7.11 Å². The Morgan fingerprint density at radius 3 is 3.00 bits per heavy atom. The van der Waals surface area contributed by atoms with Crippen LogP contribution in [0.5, 0.6) is 0 Å². The Morgan fingerprint density at radius 2 is 2.45 bits per heavy atom. The summed E-state index contributed by atoms with van der Waals surface area (Å²) in [6, 6.07) is 1.46. The first kappa shape index (κ1) is 8.20.